The SMILES string of the molecule is CSc1ccccc1[C@@H](N)[C@H](C)O. The van der Waals surface area contributed by atoms with Gasteiger partial charge in [0.1, 0.15) is 0 Å². The molecule has 0 saturated heterocycles. The van der Waals surface area contributed by atoms with Crippen LogP contribution in [0.2, 0.25) is 0 Å². The molecule has 3 heteroatoms. The molecule has 0 unspecified atom stereocenters. The van der Waals surface area contributed by atoms with Crippen LogP contribution in [0.3, 0.4) is 0 Å². The van der Waals surface area contributed by atoms with Crippen molar-refractivity contribution in [3.8, 4) is 0 Å². The second kappa shape index (κ2) is 4.65. The van der Waals surface area contributed by atoms with E-state index >= 15 is 0 Å². The van der Waals surface area contributed by atoms with Gasteiger partial charge in [-0.1, -0.05) is 18.2 Å². The van der Waals surface area contributed by atoms with E-state index in [1.807, 2.05) is 30.5 Å². The van der Waals surface area contributed by atoms with Crippen molar-refractivity contribution in [3.05, 3.63) is 29.8 Å². The van der Waals surface area contributed by atoms with Crippen LogP contribution in [-0.4, -0.2) is 17.5 Å². The number of hydrogen-bond acceptors (Lipinski definition) is 3. The molecule has 0 aliphatic rings. The van der Waals surface area contributed by atoms with Crippen molar-refractivity contribution in [2.24, 2.45) is 5.73 Å². The maximum Gasteiger partial charge on any atom is 0.0705 e. The molecule has 0 saturated carbocycles. The van der Waals surface area contributed by atoms with Gasteiger partial charge in [0.25, 0.3) is 0 Å². The summed E-state index contributed by atoms with van der Waals surface area (Å²) in [6.07, 6.45) is 1.50. The minimum absolute atomic E-state index is 0.288. The molecule has 1 aromatic carbocycles. The van der Waals surface area contributed by atoms with Crippen LogP contribution in [0.5, 0.6) is 0 Å². The summed E-state index contributed by atoms with van der Waals surface area (Å²) >= 11 is 1.65. The standard InChI is InChI=1S/C10H15NOS/c1-7(12)10(11)8-5-3-4-6-9(8)13-2/h3-7,10,12H,11H2,1-2H3/t7-,10-/m0/s1. The van der Waals surface area contributed by atoms with Crippen LogP contribution in [-0.2, 0) is 0 Å². The molecule has 0 heterocycles. The second-order valence-electron chi connectivity index (χ2n) is 3.01. The van der Waals surface area contributed by atoms with Gasteiger partial charge in [-0.15, -0.1) is 11.8 Å². The Kier molecular flexibility index (Phi) is 3.78. The number of aliphatic hydroxyl groups is 1. The average molecular weight is 197 g/mol. The Bertz CT molecular complexity index is 275. The first kappa shape index (κ1) is 10.6. The maximum absolute atomic E-state index is 9.36. The minimum Gasteiger partial charge on any atom is -0.391 e. The van der Waals surface area contributed by atoms with Crippen molar-refractivity contribution < 1.29 is 5.11 Å². The summed E-state index contributed by atoms with van der Waals surface area (Å²) < 4.78 is 0. The van der Waals surface area contributed by atoms with Crippen LogP contribution in [0.1, 0.15) is 18.5 Å². The topological polar surface area (TPSA) is 46.2 Å². The molecule has 1 aromatic rings. The van der Waals surface area contributed by atoms with Gasteiger partial charge in [0.2, 0.25) is 0 Å². The minimum atomic E-state index is -0.506. The summed E-state index contributed by atoms with van der Waals surface area (Å²) in [6.45, 7) is 1.71. The van der Waals surface area contributed by atoms with Crippen molar-refractivity contribution in [3.63, 3.8) is 0 Å². The summed E-state index contributed by atoms with van der Waals surface area (Å²) in [4.78, 5) is 1.14. The van der Waals surface area contributed by atoms with E-state index < -0.39 is 6.10 Å². The lowest BCUT2D eigenvalue weighted by atomic mass is 10.0. The van der Waals surface area contributed by atoms with Gasteiger partial charge < -0.3 is 10.8 Å². The first-order valence-corrected chi connectivity index (χ1v) is 5.46. The first-order valence-electron chi connectivity index (χ1n) is 4.23. The Morgan fingerprint density at radius 3 is 2.54 bits per heavy atom. The van der Waals surface area contributed by atoms with Crippen LogP contribution < -0.4 is 5.73 Å². The van der Waals surface area contributed by atoms with E-state index in [4.69, 9.17) is 5.73 Å². The van der Waals surface area contributed by atoms with Crippen LogP contribution in [0.25, 0.3) is 0 Å². The lowest BCUT2D eigenvalue weighted by Crippen LogP contribution is -2.23. The molecule has 0 spiro atoms. The average Bonchev–Trinajstić information content (AvgIpc) is 2.16. The fraction of sp³-hybridized carbons (Fsp3) is 0.400. The summed E-state index contributed by atoms with van der Waals surface area (Å²) in [7, 11) is 0. The third-order valence-corrected chi connectivity index (χ3v) is 2.83. The number of aliphatic hydroxyl groups excluding tert-OH is 1. The van der Waals surface area contributed by atoms with Crippen molar-refractivity contribution in [2.45, 2.75) is 24.0 Å². The van der Waals surface area contributed by atoms with Crippen LogP contribution in [0, 0.1) is 0 Å². The quantitative estimate of drug-likeness (QED) is 0.726. The van der Waals surface area contributed by atoms with E-state index in [2.05, 4.69) is 0 Å². The van der Waals surface area contributed by atoms with Gasteiger partial charge in [-0.3, -0.25) is 0 Å². The second-order valence-corrected chi connectivity index (χ2v) is 3.86. The molecular weight excluding hydrogens is 182 g/mol. The smallest absolute Gasteiger partial charge is 0.0705 e. The molecule has 72 valence electrons. The van der Waals surface area contributed by atoms with E-state index in [1.165, 1.54) is 0 Å². The van der Waals surface area contributed by atoms with Crippen molar-refractivity contribution in [1.29, 1.82) is 0 Å². The molecule has 2 atom stereocenters. The monoisotopic (exact) mass is 197 g/mol. The highest BCUT2D eigenvalue weighted by atomic mass is 32.2. The third kappa shape index (κ3) is 2.46. The number of benzene rings is 1. The normalized spacial score (nSPS) is 15.4. The number of rotatable bonds is 3. The molecule has 0 bridgehead atoms. The summed E-state index contributed by atoms with van der Waals surface area (Å²) in [5.74, 6) is 0. The zero-order valence-electron chi connectivity index (χ0n) is 7.90. The molecule has 0 aliphatic heterocycles. The summed E-state index contributed by atoms with van der Waals surface area (Å²) in [5.41, 5.74) is 6.87. The van der Waals surface area contributed by atoms with Gasteiger partial charge in [0.05, 0.1) is 12.1 Å². The zero-order chi connectivity index (χ0) is 9.84. The Morgan fingerprint density at radius 1 is 1.38 bits per heavy atom. The molecule has 0 aromatic heterocycles. The number of nitrogens with two attached hydrogens (primary N) is 1. The van der Waals surface area contributed by atoms with E-state index in [1.54, 1.807) is 18.7 Å². The molecule has 0 amide bonds. The molecule has 0 radical (unpaired) electrons. The van der Waals surface area contributed by atoms with Crippen molar-refractivity contribution >= 4 is 11.8 Å². The van der Waals surface area contributed by atoms with Gasteiger partial charge in [-0.2, -0.15) is 0 Å². The largest absolute Gasteiger partial charge is 0.391 e. The van der Waals surface area contributed by atoms with Crippen molar-refractivity contribution in [1.82, 2.24) is 0 Å². The maximum atomic E-state index is 9.36. The lowest BCUT2D eigenvalue weighted by Gasteiger charge is -2.17. The highest BCUT2D eigenvalue weighted by Crippen LogP contribution is 2.25. The molecule has 1 rings (SSSR count). The molecule has 2 nitrogen and oxygen atoms in total. The molecule has 0 fully saturated rings. The van der Waals surface area contributed by atoms with Gasteiger partial charge >= 0.3 is 0 Å². The van der Waals surface area contributed by atoms with Gasteiger partial charge in [0.15, 0.2) is 0 Å². The van der Waals surface area contributed by atoms with Crippen LogP contribution in [0.4, 0.5) is 0 Å². The molecule has 13 heavy (non-hydrogen) atoms. The predicted molar refractivity (Wildman–Crippen MR) is 56.8 cm³/mol. The Balaban J connectivity index is 2.98. The molecular formula is C10H15NOS. The summed E-state index contributed by atoms with van der Waals surface area (Å²) in [6, 6.07) is 7.61. The molecule has 3 N–H and O–H groups in total. The molecule has 0 aliphatic carbocycles. The van der Waals surface area contributed by atoms with Gasteiger partial charge in [-0.25, -0.2) is 0 Å². The van der Waals surface area contributed by atoms with Crippen LogP contribution in [0.15, 0.2) is 29.2 Å². The van der Waals surface area contributed by atoms with Gasteiger partial charge in [0, 0.05) is 4.90 Å². The fourth-order valence-electron chi connectivity index (χ4n) is 1.20. The highest BCUT2D eigenvalue weighted by Gasteiger charge is 2.14. The van der Waals surface area contributed by atoms with Gasteiger partial charge in [-0.05, 0) is 24.8 Å². The lowest BCUT2D eigenvalue weighted by molar-refractivity contribution is 0.163. The first-order chi connectivity index (χ1) is 6.16. The van der Waals surface area contributed by atoms with Crippen LogP contribution >= 0.6 is 11.8 Å². The Morgan fingerprint density at radius 2 is 2.00 bits per heavy atom. The Hall–Kier alpha value is -0.510. The predicted octanol–water partition coefficient (Wildman–Crippen LogP) is 1.79. The number of hydrogen-bond donors (Lipinski definition) is 2. The third-order valence-electron chi connectivity index (χ3n) is 2.02. The van der Waals surface area contributed by atoms with E-state index in [-0.39, 0.29) is 6.04 Å². The van der Waals surface area contributed by atoms with E-state index in [0.717, 1.165) is 10.5 Å². The van der Waals surface area contributed by atoms with E-state index in [9.17, 15) is 5.11 Å². The fourth-order valence-corrected chi connectivity index (χ4v) is 1.86. The highest BCUT2D eigenvalue weighted by molar-refractivity contribution is 7.98. The number of thioether (sulfide) groups is 1. The van der Waals surface area contributed by atoms with E-state index in [0.29, 0.717) is 0 Å². The summed E-state index contributed by atoms with van der Waals surface area (Å²) in [5, 5.41) is 9.36. The van der Waals surface area contributed by atoms with Crippen molar-refractivity contribution in [2.75, 3.05) is 6.26 Å². The Labute approximate surface area is 83.1 Å². The zero-order valence-corrected chi connectivity index (χ0v) is 8.71.